The normalized spacial score (nSPS) is 16.9. The minimum Gasteiger partial charge on any atom is -0.351 e. The molecule has 4 rings (SSSR count). The van der Waals surface area contributed by atoms with E-state index in [0.29, 0.717) is 16.8 Å². The number of nitrogens with zero attached hydrogens (tertiary/aromatic N) is 2. The van der Waals surface area contributed by atoms with Gasteiger partial charge in [0.2, 0.25) is 5.82 Å². The van der Waals surface area contributed by atoms with E-state index < -0.39 is 0 Å². The fourth-order valence-corrected chi connectivity index (χ4v) is 3.50. The van der Waals surface area contributed by atoms with Gasteiger partial charge in [0, 0.05) is 11.3 Å². The lowest BCUT2D eigenvalue weighted by Crippen LogP contribution is -2.42. The topological polar surface area (TPSA) is 63.0 Å². The Morgan fingerprint density at radius 3 is 2.52 bits per heavy atom. The Morgan fingerprint density at radius 1 is 1.00 bits per heavy atom. The van der Waals surface area contributed by atoms with Crippen molar-refractivity contribution in [1.29, 1.82) is 0 Å². The molecule has 0 bridgehead atoms. The predicted octanol–water partition coefficient (Wildman–Crippen LogP) is 4.30. The summed E-state index contributed by atoms with van der Waals surface area (Å²) >= 11 is 5.37. The van der Waals surface area contributed by atoms with Crippen LogP contribution in [-0.4, -0.2) is 15.3 Å². The summed E-state index contributed by atoms with van der Waals surface area (Å²) in [6.45, 7) is 6.09. The van der Waals surface area contributed by atoms with Crippen LogP contribution in [0, 0.1) is 13.8 Å². The molecule has 0 spiro atoms. The predicted molar refractivity (Wildman–Crippen MR) is 110 cm³/mol. The molecule has 0 fully saturated rings. The first-order valence-corrected chi connectivity index (χ1v) is 9.18. The van der Waals surface area contributed by atoms with Gasteiger partial charge in [-0.2, -0.15) is 4.98 Å². The summed E-state index contributed by atoms with van der Waals surface area (Å²) in [6, 6.07) is 16.2. The highest BCUT2D eigenvalue weighted by Crippen LogP contribution is 2.34. The molecule has 3 aromatic rings. The van der Waals surface area contributed by atoms with Gasteiger partial charge in [-0.1, -0.05) is 64.8 Å². The van der Waals surface area contributed by atoms with Crippen molar-refractivity contribution < 1.29 is 4.52 Å². The number of hydrogen-bond donors (Lipinski definition) is 2. The highest BCUT2D eigenvalue weighted by atomic mass is 32.1. The number of hydrogen-bond acceptors (Lipinski definition) is 4. The lowest BCUT2D eigenvalue weighted by molar-refractivity contribution is 0.403. The van der Waals surface area contributed by atoms with Crippen LogP contribution in [0.4, 0.5) is 0 Å². The molecule has 0 amide bonds. The van der Waals surface area contributed by atoms with Crippen LogP contribution in [0.2, 0.25) is 0 Å². The molecule has 0 saturated carbocycles. The molecule has 0 saturated heterocycles. The Morgan fingerprint density at radius 2 is 1.78 bits per heavy atom. The maximum atomic E-state index is 5.63. The highest BCUT2D eigenvalue weighted by Gasteiger charge is 2.30. The van der Waals surface area contributed by atoms with Crippen molar-refractivity contribution in [2.75, 3.05) is 0 Å². The molecule has 0 aliphatic carbocycles. The van der Waals surface area contributed by atoms with Crippen molar-refractivity contribution in [2.45, 2.75) is 26.8 Å². The molecular formula is C21H20N4OS. The molecule has 1 aromatic heterocycles. The summed E-state index contributed by atoms with van der Waals surface area (Å²) in [6.07, 6.45) is 0. The summed E-state index contributed by atoms with van der Waals surface area (Å²) in [4.78, 5) is 4.65. The Kier molecular flexibility index (Phi) is 4.49. The second-order valence-electron chi connectivity index (χ2n) is 6.77. The van der Waals surface area contributed by atoms with E-state index in [-0.39, 0.29) is 6.04 Å². The van der Waals surface area contributed by atoms with Crippen LogP contribution in [0.5, 0.6) is 0 Å². The molecule has 2 heterocycles. The minimum absolute atomic E-state index is 0.148. The molecule has 1 atom stereocenters. The van der Waals surface area contributed by atoms with Gasteiger partial charge in [-0.05, 0) is 38.6 Å². The number of benzene rings is 2. The van der Waals surface area contributed by atoms with Crippen molar-refractivity contribution in [3.8, 4) is 11.4 Å². The molecule has 2 aromatic carbocycles. The van der Waals surface area contributed by atoms with Gasteiger partial charge in [0.1, 0.15) is 0 Å². The van der Waals surface area contributed by atoms with E-state index in [4.69, 9.17) is 16.7 Å². The molecule has 136 valence electrons. The van der Waals surface area contributed by atoms with E-state index >= 15 is 0 Å². The first kappa shape index (κ1) is 17.4. The highest BCUT2D eigenvalue weighted by molar-refractivity contribution is 7.80. The van der Waals surface area contributed by atoms with E-state index in [1.807, 2.05) is 44.2 Å². The Balaban J connectivity index is 1.76. The van der Waals surface area contributed by atoms with Gasteiger partial charge >= 0.3 is 0 Å². The largest absolute Gasteiger partial charge is 0.351 e. The van der Waals surface area contributed by atoms with Gasteiger partial charge in [-0.15, -0.1) is 0 Å². The van der Waals surface area contributed by atoms with Crippen molar-refractivity contribution >= 4 is 22.9 Å². The number of thiocarbonyl (C=S) groups is 1. The van der Waals surface area contributed by atoms with Crippen molar-refractivity contribution in [1.82, 2.24) is 20.8 Å². The fraction of sp³-hybridized carbons (Fsp3) is 0.190. The molecule has 1 aliphatic heterocycles. The number of aromatic nitrogens is 2. The van der Waals surface area contributed by atoms with Gasteiger partial charge in [0.25, 0.3) is 5.89 Å². The number of nitrogens with one attached hydrogen (secondary N) is 2. The smallest absolute Gasteiger partial charge is 0.258 e. The van der Waals surface area contributed by atoms with Crippen LogP contribution in [0.1, 0.15) is 35.5 Å². The van der Waals surface area contributed by atoms with Crippen LogP contribution in [0.25, 0.3) is 17.0 Å². The average Bonchev–Trinajstić information content (AvgIpc) is 3.11. The zero-order valence-corrected chi connectivity index (χ0v) is 16.2. The Bertz CT molecular complexity index is 1040. The first-order valence-electron chi connectivity index (χ1n) is 8.77. The quantitative estimate of drug-likeness (QED) is 0.665. The van der Waals surface area contributed by atoms with Crippen molar-refractivity contribution in [3.63, 3.8) is 0 Å². The molecule has 0 unspecified atom stereocenters. The maximum Gasteiger partial charge on any atom is 0.258 e. The fourth-order valence-electron chi connectivity index (χ4n) is 3.23. The monoisotopic (exact) mass is 376 g/mol. The number of aryl methyl sites for hydroxylation is 2. The number of rotatable bonds is 3. The summed E-state index contributed by atoms with van der Waals surface area (Å²) in [5.41, 5.74) is 6.21. The summed E-state index contributed by atoms with van der Waals surface area (Å²) in [7, 11) is 0. The van der Waals surface area contributed by atoms with Crippen molar-refractivity contribution in [2.24, 2.45) is 0 Å². The van der Waals surface area contributed by atoms with Gasteiger partial charge in [0.15, 0.2) is 5.11 Å². The van der Waals surface area contributed by atoms with Gasteiger partial charge in [-0.25, -0.2) is 0 Å². The zero-order chi connectivity index (χ0) is 19.0. The summed E-state index contributed by atoms with van der Waals surface area (Å²) in [5.74, 6) is 1.05. The third-order valence-electron chi connectivity index (χ3n) is 4.61. The van der Waals surface area contributed by atoms with Crippen LogP contribution in [0.15, 0.2) is 58.8 Å². The zero-order valence-electron chi connectivity index (χ0n) is 15.4. The summed E-state index contributed by atoms with van der Waals surface area (Å²) in [5, 5.41) is 11.3. The third-order valence-corrected chi connectivity index (χ3v) is 4.83. The summed E-state index contributed by atoms with van der Waals surface area (Å²) < 4.78 is 5.63. The second-order valence-corrected chi connectivity index (χ2v) is 7.18. The lowest BCUT2D eigenvalue weighted by atomic mass is 9.94. The number of allylic oxidation sites excluding steroid dienone is 1. The minimum atomic E-state index is -0.148. The Labute approximate surface area is 163 Å². The maximum absolute atomic E-state index is 5.63. The van der Waals surface area contributed by atoms with Gasteiger partial charge in [0.05, 0.1) is 11.6 Å². The average molecular weight is 376 g/mol. The van der Waals surface area contributed by atoms with Gasteiger partial charge in [-0.3, -0.25) is 0 Å². The Hall–Kier alpha value is -2.99. The van der Waals surface area contributed by atoms with E-state index in [1.165, 1.54) is 11.1 Å². The molecule has 2 N–H and O–H groups in total. The second kappa shape index (κ2) is 6.96. The molecule has 6 heteroatoms. The lowest BCUT2D eigenvalue weighted by Gasteiger charge is -2.29. The van der Waals surface area contributed by atoms with Crippen LogP contribution >= 0.6 is 12.2 Å². The molecular weight excluding hydrogens is 356 g/mol. The molecule has 1 aliphatic rings. The third kappa shape index (κ3) is 3.48. The van der Waals surface area contributed by atoms with E-state index in [1.54, 1.807) is 0 Å². The van der Waals surface area contributed by atoms with E-state index in [0.717, 1.165) is 22.4 Å². The van der Waals surface area contributed by atoms with Crippen LogP contribution in [-0.2, 0) is 0 Å². The van der Waals surface area contributed by atoms with Crippen molar-refractivity contribution in [3.05, 3.63) is 76.8 Å². The molecule has 0 radical (unpaired) electrons. The van der Waals surface area contributed by atoms with Crippen LogP contribution < -0.4 is 10.6 Å². The van der Waals surface area contributed by atoms with E-state index in [9.17, 15) is 0 Å². The van der Waals surface area contributed by atoms with E-state index in [2.05, 4.69) is 45.9 Å². The first-order chi connectivity index (χ1) is 13.0. The molecule has 5 nitrogen and oxygen atoms in total. The van der Waals surface area contributed by atoms with Gasteiger partial charge < -0.3 is 15.2 Å². The SMILES string of the molecule is CC1=C(c2nc(-c3ccc(C)cc3)no2)[C@H](c2cccc(C)c2)NC(=S)N1. The molecule has 27 heavy (non-hydrogen) atoms. The van der Waals surface area contributed by atoms with Crippen LogP contribution in [0.3, 0.4) is 0 Å². The standard InChI is InChI=1S/C21H20N4OS/c1-12-7-9-15(10-8-12)19-24-20(26-25-19)17-14(3)22-21(27)23-18(17)16-6-4-5-13(2)11-16/h4-11,18H,1-3H3,(H2,22,23,27)/t18-/m0/s1.